The Kier molecular flexibility index (Phi) is 3.91. The second kappa shape index (κ2) is 4.29. The van der Waals surface area contributed by atoms with Crippen molar-refractivity contribution in [2.24, 2.45) is 11.8 Å². The average molecular weight is 232 g/mol. The first-order valence-electron chi connectivity index (χ1n) is 5.87. The summed E-state index contributed by atoms with van der Waals surface area (Å²) >= 11 is 9.75. The summed E-state index contributed by atoms with van der Waals surface area (Å²) in [7, 11) is 0. The fourth-order valence-corrected chi connectivity index (χ4v) is 4.16. The van der Waals surface area contributed by atoms with E-state index in [1.807, 2.05) is 0 Å². The molecule has 0 aliphatic heterocycles. The van der Waals surface area contributed by atoms with Gasteiger partial charge in [0, 0.05) is 9.49 Å². The number of hydrogen-bond acceptors (Lipinski definition) is 2. The molecule has 1 aliphatic carbocycles. The molecule has 0 aromatic heterocycles. The van der Waals surface area contributed by atoms with Gasteiger partial charge in [-0.05, 0) is 24.7 Å². The smallest absolute Gasteiger partial charge is 0.0318 e. The largest absolute Gasteiger partial charge is 0.171 e. The normalized spacial score (nSPS) is 43.7. The van der Waals surface area contributed by atoms with Crippen LogP contribution in [-0.2, 0) is 0 Å². The van der Waals surface area contributed by atoms with E-state index in [9.17, 15) is 0 Å². The van der Waals surface area contributed by atoms with Crippen molar-refractivity contribution in [3.8, 4) is 0 Å². The molecule has 4 unspecified atom stereocenters. The lowest BCUT2D eigenvalue weighted by Gasteiger charge is -2.19. The molecule has 0 saturated heterocycles. The summed E-state index contributed by atoms with van der Waals surface area (Å²) in [5.41, 5.74) is 0. The van der Waals surface area contributed by atoms with Crippen LogP contribution >= 0.6 is 25.3 Å². The minimum atomic E-state index is 0.196. The van der Waals surface area contributed by atoms with Gasteiger partial charge in [0.2, 0.25) is 0 Å². The Bertz CT molecular complexity index is 204. The zero-order valence-electron chi connectivity index (χ0n) is 9.88. The summed E-state index contributed by atoms with van der Waals surface area (Å²) in [5, 5.41) is 0. The molecule has 0 aromatic carbocycles. The first-order valence-corrected chi connectivity index (χ1v) is 6.76. The van der Waals surface area contributed by atoms with Crippen molar-refractivity contribution in [1.82, 2.24) is 0 Å². The van der Waals surface area contributed by atoms with Crippen molar-refractivity contribution in [3.63, 3.8) is 0 Å². The van der Waals surface area contributed by atoms with Crippen molar-refractivity contribution >= 4 is 25.3 Å². The van der Waals surface area contributed by atoms with E-state index in [1.165, 1.54) is 25.7 Å². The lowest BCUT2D eigenvalue weighted by atomic mass is 9.99. The number of rotatable bonds is 5. The quantitative estimate of drug-likeness (QED) is 0.652. The molecule has 0 N–H and O–H groups in total. The van der Waals surface area contributed by atoms with Gasteiger partial charge >= 0.3 is 0 Å². The highest BCUT2D eigenvalue weighted by atomic mass is 32.1. The summed E-state index contributed by atoms with van der Waals surface area (Å²) < 4.78 is 0.399. The maximum atomic E-state index is 4.89. The van der Waals surface area contributed by atoms with Gasteiger partial charge in [0.05, 0.1) is 0 Å². The molecule has 0 spiro atoms. The Morgan fingerprint density at radius 1 is 1.21 bits per heavy atom. The zero-order valence-corrected chi connectivity index (χ0v) is 11.7. The van der Waals surface area contributed by atoms with Crippen LogP contribution in [0.15, 0.2) is 0 Å². The highest BCUT2D eigenvalue weighted by molar-refractivity contribution is 7.87. The highest BCUT2D eigenvalue weighted by Crippen LogP contribution is 2.67. The van der Waals surface area contributed by atoms with Crippen LogP contribution in [-0.4, -0.2) is 9.49 Å². The number of hydrogen-bond donors (Lipinski definition) is 2. The van der Waals surface area contributed by atoms with Crippen LogP contribution in [0.25, 0.3) is 0 Å². The molecular formula is C12H24S2. The van der Waals surface area contributed by atoms with Gasteiger partial charge in [0.1, 0.15) is 0 Å². The van der Waals surface area contributed by atoms with Crippen LogP contribution < -0.4 is 0 Å². The minimum absolute atomic E-state index is 0.196. The van der Waals surface area contributed by atoms with Crippen LogP contribution in [0.5, 0.6) is 0 Å². The lowest BCUT2D eigenvalue weighted by Crippen LogP contribution is -2.17. The Hall–Kier alpha value is 0.700. The molecule has 0 radical (unpaired) electrons. The third kappa shape index (κ3) is 1.84. The van der Waals surface area contributed by atoms with Crippen molar-refractivity contribution in [2.75, 3.05) is 0 Å². The van der Waals surface area contributed by atoms with Gasteiger partial charge in [-0.1, -0.05) is 40.5 Å². The van der Waals surface area contributed by atoms with Crippen molar-refractivity contribution in [2.45, 2.75) is 62.9 Å². The van der Waals surface area contributed by atoms with E-state index in [0.717, 1.165) is 5.92 Å². The zero-order chi connectivity index (χ0) is 11.0. The molecule has 0 aromatic rings. The molecule has 14 heavy (non-hydrogen) atoms. The predicted molar refractivity (Wildman–Crippen MR) is 71.6 cm³/mol. The maximum Gasteiger partial charge on any atom is 0.0318 e. The third-order valence-corrected chi connectivity index (χ3v) is 6.24. The van der Waals surface area contributed by atoms with Crippen LogP contribution in [0, 0.1) is 11.8 Å². The molecule has 84 valence electrons. The third-order valence-electron chi connectivity index (χ3n) is 4.09. The summed E-state index contributed by atoms with van der Waals surface area (Å²) in [6, 6.07) is 0. The van der Waals surface area contributed by atoms with Gasteiger partial charge in [-0.25, -0.2) is 0 Å². The van der Waals surface area contributed by atoms with Gasteiger partial charge in [-0.2, -0.15) is 25.3 Å². The van der Waals surface area contributed by atoms with Gasteiger partial charge < -0.3 is 0 Å². The minimum Gasteiger partial charge on any atom is -0.171 e. The standard InChI is InChI=1S/C12H24S2/c1-5-7-11(13)10(4)12(11,14)8-9(3)6-2/h9-10,13-14H,5-8H2,1-4H3. The molecular weight excluding hydrogens is 208 g/mol. The highest BCUT2D eigenvalue weighted by Gasteiger charge is 2.69. The Morgan fingerprint density at radius 3 is 2.21 bits per heavy atom. The van der Waals surface area contributed by atoms with Crippen molar-refractivity contribution in [3.05, 3.63) is 0 Å². The molecule has 1 saturated carbocycles. The molecule has 1 fully saturated rings. The summed E-state index contributed by atoms with van der Waals surface area (Å²) in [5.74, 6) is 1.44. The average Bonchev–Trinajstić information content (AvgIpc) is 2.52. The molecule has 4 atom stereocenters. The van der Waals surface area contributed by atoms with E-state index in [-0.39, 0.29) is 9.49 Å². The molecule has 0 bridgehead atoms. The molecule has 0 heterocycles. The molecule has 0 nitrogen and oxygen atoms in total. The van der Waals surface area contributed by atoms with E-state index in [0.29, 0.717) is 5.92 Å². The van der Waals surface area contributed by atoms with Gasteiger partial charge in [0.25, 0.3) is 0 Å². The van der Waals surface area contributed by atoms with E-state index < -0.39 is 0 Å². The Labute approximate surface area is 100 Å². The fourth-order valence-electron chi connectivity index (χ4n) is 2.62. The molecule has 0 amide bonds. The van der Waals surface area contributed by atoms with Gasteiger partial charge in [0.15, 0.2) is 0 Å². The maximum absolute atomic E-state index is 4.89. The van der Waals surface area contributed by atoms with Gasteiger partial charge in [-0.3, -0.25) is 0 Å². The monoisotopic (exact) mass is 232 g/mol. The predicted octanol–water partition coefficient (Wildman–Crippen LogP) is 4.21. The lowest BCUT2D eigenvalue weighted by molar-refractivity contribution is 0.481. The summed E-state index contributed by atoms with van der Waals surface area (Å²) in [6.45, 7) is 9.12. The summed E-state index contributed by atoms with van der Waals surface area (Å²) in [4.78, 5) is 0. The SMILES string of the molecule is CCCC1(S)C(C)C1(S)CC(C)CC. The number of thiol groups is 2. The topological polar surface area (TPSA) is 0 Å². The first kappa shape index (κ1) is 12.8. The molecule has 1 aliphatic rings. The van der Waals surface area contributed by atoms with Crippen molar-refractivity contribution in [1.29, 1.82) is 0 Å². The van der Waals surface area contributed by atoms with Crippen LogP contribution in [0.2, 0.25) is 0 Å². The van der Waals surface area contributed by atoms with Crippen LogP contribution in [0.4, 0.5) is 0 Å². The second-order valence-electron chi connectivity index (χ2n) is 5.04. The van der Waals surface area contributed by atoms with Crippen LogP contribution in [0.1, 0.15) is 53.4 Å². The molecule has 2 heteroatoms. The fraction of sp³-hybridized carbons (Fsp3) is 1.00. The van der Waals surface area contributed by atoms with Gasteiger partial charge in [-0.15, -0.1) is 0 Å². The van der Waals surface area contributed by atoms with Crippen LogP contribution in [0.3, 0.4) is 0 Å². The molecule has 1 rings (SSSR count). The Morgan fingerprint density at radius 2 is 1.79 bits per heavy atom. The van der Waals surface area contributed by atoms with E-state index >= 15 is 0 Å². The van der Waals surface area contributed by atoms with E-state index in [2.05, 4.69) is 27.7 Å². The second-order valence-corrected chi connectivity index (χ2v) is 6.63. The Balaban J connectivity index is 2.60. The van der Waals surface area contributed by atoms with E-state index in [1.54, 1.807) is 0 Å². The van der Waals surface area contributed by atoms with Crippen molar-refractivity contribution < 1.29 is 0 Å². The van der Waals surface area contributed by atoms with E-state index in [4.69, 9.17) is 25.3 Å². The summed E-state index contributed by atoms with van der Waals surface area (Å²) in [6.07, 6.45) is 4.90. The first-order chi connectivity index (χ1) is 6.42.